The topological polar surface area (TPSA) is 73.8 Å². The van der Waals surface area contributed by atoms with Gasteiger partial charge in [0.2, 0.25) is 15.9 Å². The van der Waals surface area contributed by atoms with Crippen LogP contribution in [0.4, 0.5) is 5.69 Å². The molecule has 2 aliphatic heterocycles. The number of sulfonamides is 1. The Bertz CT molecular complexity index is 737. The van der Waals surface area contributed by atoms with E-state index in [1.807, 2.05) is 24.1 Å². The molecule has 2 fully saturated rings. The van der Waals surface area contributed by atoms with Gasteiger partial charge in [-0.15, -0.1) is 0 Å². The first-order valence-corrected chi connectivity index (χ1v) is 10.6. The summed E-state index contributed by atoms with van der Waals surface area (Å²) in [6, 6.07) is 1.49. The molecule has 25 heavy (non-hydrogen) atoms. The highest BCUT2D eigenvalue weighted by Crippen LogP contribution is 2.24. The number of hydrogen-bond acceptors (Lipinski definition) is 5. The Hall–Kier alpha value is -1.67. The second kappa shape index (κ2) is 7.29. The maximum absolute atomic E-state index is 12.9. The molecular formula is C17H26N4O3S. The van der Waals surface area contributed by atoms with E-state index in [4.69, 9.17) is 0 Å². The van der Waals surface area contributed by atoms with E-state index < -0.39 is 16.1 Å². The van der Waals surface area contributed by atoms with E-state index in [1.54, 1.807) is 6.20 Å². The molecule has 1 amide bonds. The minimum Gasteiger partial charge on any atom is -0.369 e. The van der Waals surface area contributed by atoms with Crippen molar-refractivity contribution in [2.24, 2.45) is 0 Å². The van der Waals surface area contributed by atoms with Crippen LogP contribution < -0.4 is 4.90 Å². The molecule has 0 bridgehead atoms. The molecule has 0 unspecified atom stereocenters. The lowest BCUT2D eigenvalue weighted by Gasteiger charge is -2.28. The van der Waals surface area contributed by atoms with Gasteiger partial charge in [-0.25, -0.2) is 8.42 Å². The molecule has 2 aliphatic rings. The molecule has 0 aliphatic carbocycles. The van der Waals surface area contributed by atoms with Crippen molar-refractivity contribution in [1.82, 2.24) is 14.2 Å². The van der Waals surface area contributed by atoms with Crippen molar-refractivity contribution in [3.05, 3.63) is 24.0 Å². The van der Waals surface area contributed by atoms with Gasteiger partial charge in [0, 0.05) is 50.8 Å². The van der Waals surface area contributed by atoms with Gasteiger partial charge in [-0.2, -0.15) is 4.31 Å². The molecule has 1 aromatic heterocycles. The predicted molar refractivity (Wildman–Crippen MR) is 97.0 cm³/mol. The van der Waals surface area contributed by atoms with E-state index >= 15 is 0 Å². The van der Waals surface area contributed by atoms with Crippen molar-refractivity contribution in [2.45, 2.75) is 32.2 Å². The number of carbonyl (C=O) groups excluding carboxylic acids is 1. The zero-order chi connectivity index (χ0) is 18.0. The summed E-state index contributed by atoms with van der Waals surface area (Å²) in [4.78, 5) is 21.2. The molecule has 138 valence electrons. The van der Waals surface area contributed by atoms with Crippen LogP contribution in [0.1, 0.15) is 24.8 Å². The number of rotatable bonds is 3. The lowest BCUT2D eigenvalue weighted by Crippen LogP contribution is -2.48. The van der Waals surface area contributed by atoms with Crippen molar-refractivity contribution < 1.29 is 13.2 Å². The smallest absolute Gasteiger partial charge is 0.241 e. The zero-order valence-electron chi connectivity index (χ0n) is 14.9. The van der Waals surface area contributed by atoms with Crippen LogP contribution in [0.5, 0.6) is 0 Å². The van der Waals surface area contributed by atoms with Crippen LogP contribution in [0.2, 0.25) is 0 Å². The molecule has 0 radical (unpaired) electrons. The number of hydrogen-bond donors (Lipinski definition) is 0. The Balaban J connectivity index is 1.69. The average molecular weight is 366 g/mol. The van der Waals surface area contributed by atoms with Gasteiger partial charge >= 0.3 is 0 Å². The minimum absolute atomic E-state index is 0.0452. The van der Waals surface area contributed by atoms with E-state index in [2.05, 4.69) is 9.88 Å². The highest BCUT2D eigenvalue weighted by molar-refractivity contribution is 7.88. The third kappa shape index (κ3) is 3.95. The molecule has 0 aromatic carbocycles. The van der Waals surface area contributed by atoms with E-state index in [0.29, 0.717) is 26.1 Å². The highest BCUT2D eigenvalue weighted by Gasteiger charge is 2.38. The van der Waals surface area contributed by atoms with Crippen molar-refractivity contribution in [3.8, 4) is 0 Å². The normalized spacial score (nSPS) is 22.9. The monoisotopic (exact) mass is 366 g/mol. The number of carbonyl (C=O) groups is 1. The fraction of sp³-hybridized carbons (Fsp3) is 0.647. The quantitative estimate of drug-likeness (QED) is 0.793. The Kier molecular flexibility index (Phi) is 5.29. The summed E-state index contributed by atoms with van der Waals surface area (Å²) in [7, 11) is -3.34. The Morgan fingerprint density at radius 3 is 2.68 bits per heavy atom. The number of aryl methyl sites for hydroxylation is 1. The van der Waals surface area contributed by atoms with Crippen molar-refractivity contribution >= 4 is 21.6 Å². The van der Waals surface area contributed by atoms with Crippen LogP contribution >= 0.6 is 0 Å². The van der Waals surface area contributed by atoms with Gasteiger partial charge in [0.15, 0.2) is 0 Å². The van der Waals surface area contributed by atoms with E-state index in [9.17, 15) is 13.2 Å². The summed E-state index contributed by atoms with van der Waals surface area (Å²) in [6.45, 7) is 5.42. The van der Waals surface area contributed by atoms with Crippen LogP contribution in [0.25, 0.3) is 0 Å². The first-order valence-electron chi connectivity index (χ1n) is 8.79. The van der Waals surface area contributed by atoms with E-state index in [0.717, 1.165) is 37.2 Å². The molecule has 8 heteroatoms. The Labute approximate surface area is 149 Å². The fourth-order valence-electron chi connectivity index (χ4n) is 3.79. The lowest BCUT2D eigenvalue weighted by molar-refractivity contribution is -0.134. The van der Waals surface area contributed by atoms with Crippen LogP contribution in [0, 0.1) is 6.92 Å². The summed E-state index contributed by atoms with van der Waals surface area (Å²) >= 11 is 0. The van der Waals surface area contributed by atoms with Gasteiger partial charge in [0.1, 0.15) is 6.04 Å². The van der Waals surface area contributed by atoms with Crippen molar-refractivity contribution in [3.63, 3.8) is 0 Å². The molecular weight excluding hydrogens is 340 g/mol. The number of anilines is 1. The lowest BCUT2D eigenvalue weighted by atomic mass is 10.2. The van der Waals surface area contributed by atoms with Crippen molar-refractivity contribution in [2.75, 3.05) is 43.9 Å². The summed E-state index contributed by atoms with van der Waals surface area (Å²) in [5, 5.41) is 0. The van der Waals surface area contributed by atoms with Crippen LogP contribution in [0.3, 0.4) is 0 Å². The van der Waals surface area contributed by atoms with Crippen LogP contribution in [-0.4, -0.2) is 73.5 Å². The molecule has 2 saturated heterocycles. The molecule has 1 atom stereocenters. The maximum Gasteiger partial charge on any atom is 0.241 e. The third-order valence-corrected chi connectivity index (χ3v) is 6.34. The van der Waals surface area contributed by atoms with E-state index in [-0.39, 0.29) is 5.91 Å². The molecule has 3 rings (SSSR count). The van der Waals surface area contributed by atoms with Gasteiger partial charge in [-0.3, -0.25) is 9.78 Å². The largest absolute Gasteiger partial charge is 0.369 e. The second-order valence-electron chi connectivity index (χ2n) is 6.86. The Morgan fingerprint density at radius 2 is 1.96 bits per heavy atom. The standard InChI is InChI=1S/C17H26N4O3S/c1-14-13-18-7-6-15(14)19-8-4-9-20(12-11-19)17(22)16-5-3-10-21(16)25(2,23)24/h6-7,13,16H,3-5,8-12H2,1-2H3/t16-/m0/s1. The number of pyridine rings is 1. The van der Waals surface area contributed by atoms with Gasteiger partial charge in [-0.1, -0.05) is 0 Å². The molecule has 1 aromatic rings. The number of amides is 1. The summed E-state index contributed by atoms with van der Waals surface area (Å²) in [5.74, 6) is -0.0452. The highest BCUT2D eigenvalue weighted by atomic mass is 32.2. The van der Waals surface area contributed by atoms with Crippen LogP contribution in [0.15, 0.2) is 18.5 Å². The molecule has 0 spiro atoms. The van der Waals surface area contributed by atoms with Gasteiger partial charge < -0.3 is 9.80 Å². The van der Waals surface area contributed by atoms with E-state index in [1.165, 1.54) is 10.6 Å². The van der Waals surface area contributed by atoms with Gasteiger partial charge in [-0.05, 0) is 37.8 Å². The molecule has 0 N–H and O–H groups in total. The Morgan fingerprint density at radius 1 is 1.16 bits per heavy atom. The SMILES string of the molecule is Cc1cnccc1N1CCCN(C(=O)[C@@H]2CCCN2S(C)(=O)=O)CC1. The predicted octanol–water partition coefficient (Wildman–Crippen LogP) is 0.853. The van der Waals surface area contributed by atoms with Gasteiger partial charge in [0.25, 0.3) is 0 Å². The fourth-order valence-corrected chi connectivity index (χ4v) is 4.91. The summed E-state index contributed by atoms with van der Waals surface area (Å²) in [5.41, 5.74) is 2.28. The molecule has 7 nitrogen and oxygen atoms in total. The number of nitrogens with zero attached hydrogens (tertiary/aromatic N) is 4. The van der Waals surface area contributed by atoms with Gasteiger partial charge in [0.05, 0.1) is 6.26 Å². The minimum atomic E-state index is -3.34. The first kappa shape index (κ1) is 18.1. The first-order chi connectivity index (χ1) is 11.9. The number of aromatic nitrogens is 1. The zero-order valence-corrected chi connectivity index (χ0v) is 15.7. The summed E-state index contributed by atoms with van der Waals surface area (Å²) in [6.07, 6.45) is 7.08. The average Bonchev–Trinajstić information content (AvgIpc) is 2.94. The molecule has 3 heterocycles. The van der Waals surface area contributed by atoms with Crippen molar-refractivity contribution in [1.29, 1.82) is 0 Å². The third-order valence-electron chi connectivity index (χ3n) is 5.05. The maximum atomic E-state index is 12.9. The summed E-state index contributed by atoms with van der Waals surface area (Å²) < 4.78 is 25.2. The second-order valence-corrected chi connectivity index (χ2v) is 8.79. The molecule has 0 saturated carbocycles. The van der Waals surface area contributed by atoms with Crippen LogP contribution in [-0.2, 0) is 14.8 Å².